The fraction of sp³-hybridized carbons (Fsp3) is 0.474. The van der Waals surface area contributed by atoms with E-state index in [0.29, 0.717) is 49.3 Å². The third kappa shape index (κ3) is 3.57. The van der Waals surface area contributed by atoms with Crippen LogP contribution in [0.5, 0.6) is 0 Å². The number of nitrogens with one attached hydrogen (secondary N) is 1. The Bertz CT molecular complexity index is 1030. The summed E-state index contributed by atoms with van der Waals surface area (Å²) < 4.78 is 13.3. The molecule has 0 aliphatic carbocycles. The first-order valence-corrected chi connectivity index (χ1v) is 9.55. The number of carbonyl (C=O) groups excluding carboxylic acids is 1. The number of aromatic nitrogens is 4. The van der Waals surface area contributed by atoms with E-state index in [-0.39, 0.29) is 12.2 Å². The van der Waals surface area contributed by atoms with Gasteiger partial charge in [0.2, 0.25) is 5.89 Å². The van der Waals surface area contributed by atoms with Gasteiger partial charge in [-0.1, -0.05) is 24.2 Å². The second kappa shape index (κ2) is 7.97. The topological polar surface area (TPSA) is 104 Å². The number of fused-ring (bicyclic) bond motifs is 1. The van der Waals surface area contributed by atoms with Crippen LogP contribution in [0.25, 0.3) is 11.0 Å². The lowest BCUT2D eigenvalue weighted by molar-refractivity contribution is 0.0613. The molecule has 0 radical (unpaired) electrons. The van der Waals surface area contributed by atoms with Gasteiger partial charge in [-0.3, -0.25) is 4.57 Å². The highest BCUT2D eigenvalue weighted by molar-refractivity contribution is 5.89. The van der Waals surface area contributed by atoms with Crippen LogP contribution >= 0.6 is 0 Å². The Morgan fingerprint density at radius 3 is 2.71 bits per heavy atom. The van der Waals surface area contributed by atoms with Crippen LogP contribution in [0.2, 0.25) is 0 Å². The predicted molar refractivity (Wildman–Crippen MR) is 101 cm³/mol. The SMILES string of the molecule is CCc1nc(CNC(=O)n2c(=O)n(CC3CCOCC3)c3ccccc32)no1. The smallest absolute Gasteiger partial charge is 0.337 e. The lowest BCUT2D eigenvalue weighted by atomic mass is 10.0. The van der Waals surface area contributed by atoms with Crippen molar-refractivity contribution < 1.29 is 14.1 Å². The Balaban J connectivity index is 1.59. The van der Waals surface area contributed by atoms with Gasteiger partial charge in [-0.15, -0.1) is 0 Å². The maximum absolute atomic E-state index is 13.0. The van der Waals surface area contributed by atoms with Crippen LogP contribution < -0.4 is 11.0 Å². The maximum atomic E-state index is 13.0. The van der Waals surface area contributed by atoms with Gasteiger partial charge in [-0.05, 0) is 30.9 Å². The fourth-order valence-electron chi connectivity index (χ4n) is 3.51. The van der Waals surface area contributed by atoms with E-state index in [4.69, 9.17) is 9.26 Å². The van der Waals surface area contributed by atoms with E-state index in [1.54, 1.807) is 10.6 Å². The van der Waals surface area contributed by atoms with Gasteiger partial charge in [0.25, 0.3) is 0 Å². The highest BCUT2D eigenvalue weighted by Gasteiger charge is 2.22. The highest BCUT2D eigenvalue weighted by atomic mass is 16.5. The van der Waals surface area contributed by atoms with E-state index in [0.717, 1.165) is 18.4 Å². The van der Waals surface area contributed by atoms with Crippen molar-refractivity contribution >= 4 is 17.1 Å². The molecule has 1 aromatic carbocycles. The number of carbonyl (C=O) groups is 1. The zero-order valence-corrected chi connectivity index (χ0v) is 15.8. The summed E-state index contributed by atoms with van der Waals surface area (Å²) in [7, 11) is 0. The molecular formula is C19H23N5O4. The average Bonchev–Trinajstić information content (AvgIpc) is 3.30. The quantitative estimate of drug-likeness (QED) is 0.720. The molecule has 1 saturated heterocycles. The number of ether oxygens (including phenoxy) is 1. The highest BCUT2D eigenvalue weighted by Crippen LogP contribution is 2.20. The van der Waals surface area contributed by atoms with Crippen LogP contribution in [0.15, 0.2) is 33.6 Å². The Morgan fingerprint density at radius 1 is 1.25 bits per heavy atom. The minimum absolute atomic E-state index is 0.0915. The van der Waals surface area contributed by atoms with Crippen LogP contribution in [-0.4, -0.2) is 38.5 Å². The van der Waals surface area contributed by atoms with Crippen molar-refractivity contribution in [1.29, 1.82) is 0 Å². The minimum Gasteiger partial charge on any atom is -0.381 e. The first kappa shape index (κ1) is 18.4. The van der Waals surface area contributed by atoms with Crippen LogP contribution in [0.4, 0.5) is 4.79 Å². The van der Waals surface area contributed by atoms with E-state index in [9.17, 15) is 9.59 Å². The molecule has 3 aromatic rings. The van der Waals surface area contributed by atoms with Crippen molar-refractivity contribution in [3.8, 4) is 0 Å². The molecule has 2 aromatic heterocycles. The van der Waals surface area contributed by atoms with Gasteiger partial charge in [-0.2, -0.15) is 4.98 Å². The Hall–Kier alpha value is -2.94. The molecule has 28 heavy (non-hydrogen) atoms. The van der Waals surface area contributed by atoms with Crippen molar-refractivity contribution in [3.63, 3.8) is 0 Å². The standard InChI is InChI=1S/C19H23N5O4/c1-2-17-21-16(22-28-17)11-20-18(25)24-15-6-4-3-5-14(15)23(19(24)26)12-13-7-9-27-10-8-13/h3-6,13H,2,7-12H2,1H3,(H,20,25). The van der Waals surface area contributed by atoms with Crippen molar-refractivity contribution in [2.75, 3.05) is 13.2 Å². The molecular weight excluding hydrogens is 362 g/mol. The van der Waals surface area contributed by atoms with Crippen molar-refractivity contribution in [3.05, 3.63) is 46.5 Å². The largest absolute Gasteiger partial charge is 0.381 e. The van der Waals surface area contributed by atoms with Gasteiger partial charge in [0.15, 0.2) is 5.82 Å². The van der Waals surface area contributed by atoms with Crippen LogP contribution in [0, 0.1) is 5.92 Å². The second-order valence-electron chi connectivity index (χ2n) is 6.89. The molecule has 1 N–H and O–H groups in total. The Morgan fingerprint density at radius 2 is 2.00 bits per heavy atom. The average molecular weight is 385 g/mol. The molecule has 4 rings (SSSR count). The third-order valence-corrected chi connectivity index (χ3v) is 5.03. The second-order valence-corrected chi connectivity index (χ2v) is 6.89. The first-order chi connectivity index (χ1) is 13.7. The van der Waals surface area contributed by atoms with Crippen molar-refractivity contribution in [2.24, 2.45) is 5.92 Å². The number of imidazole rings is 1. The zero-order chi connectivity index (χ0) is 19.5. The molecule has 1 aliphatic rings. The van der Waals surface area contributed by atoms with Crippen molar-refractivity contribution in [2.45, 2.75) is 39.3 Å². The van der Waals surface area contributed by atoms with Gasteiger partial charge >= 0.3 is 11.7 Å². The number of hydrogen-bond acceptors (Lipinski definition) is 6. The van der Waals surface area contributed by atoms with E-state index in [1.165, 1.54) is 4.57 Å². The molecule has 9 nitrogen and oxygen atoms in total. The molecule has 0 atom stereocenters. The van der Waals surface area contributed by atoms with Gasteiger partial charge in [-0.25, -0.2) is 14.2 Å². The van der Waals surface area contributed by atoms with E-state index in [2.05, 4.69) is 15.5 Å². The summed E-state index contributed by atoms with van der Waals surface area (Å²) in [5.41, 5.74) is 0.994. The minimum atomic E-state index is -0.505. The summed E-state index contributed by atoms with van der Waals surface area (Å²) in [6, 6.07) is 6.83. The molecule has 3 heterocycles. The number of rotatable bonds is 5. The Kier molecular flexibility index (Phi) is 5.25. The molecule has 9 heteroatoms. The number of amides is 1. The van der Waals surface area contributed by atoms with Crippen LogP contribution in [0.3, 0.4) is 0 Å². The molecule has 0 bridgehead atoms. The third-order valence-electron chi connectivity index (χ3n) is 5.03. The predicted octanol–water partition coefficient (Wildman–Crippen LogP) is 1.93. The molecule has 1 fully saturated rings. The number of benzene rings is 1. The molecule has 1 aliphatic heterocycles. The molecule has 0 spiro atoms. The summed E-state index contributed by atoms with van der Waals surface area (Å²) in [5.74, 6) is 1.25. The summed E-state index contributed by atoms with van der Waals surface area (Å²) >= 11 is 0. The first-order valence-electron chi connectivity index (χ1n) is 9.55. The summed E-state index contributed by atoms with van der Waals surface area (Å²) in [5, 5.41) is 6.52. The van der Waals surface area contributed by atoms with Gasteiger partial charge in [0, 0.05) is 26.2 Å². The molecule has 1 amide bonds. The molecule has 0 unspecified atom stereocenters. The monoisotopic (exact) mass is 385 g/mol. The number of hydrogen-bond donors (Lipinski definition) is 1. The van der Waals surface area contributed by atoms with Gasteiger partial charge < -0.3 is 14.6 Å². The summed E-state index contributed by atoms with van der Waals surface area (Å²) in [4.78, 5) is 30.0. The van der Waals surface area contributed by atoms with Crippen LogP contribution in [-0.2, 0) is 24.2 Å². The van der Waals surface area contributed by atoms with Gasteiger partial charge in [0.05, 0.1) is 17.6 Å². The Labute approximate surface area is 161 Å². The lowest BCUT2D eigenvalue weighted by Gasteiger charge is -2.22. The maximum Gasteiger partial charge on any atom is 0.337 e. The normalized spacial score (nSPS) is 15.2. The number of nitrogens with zero attached hydrogens (tertiary/aromatic N) is 4. The summed E-state index contributed by atoms with van der Waals surface area (Å²) in [6.45, 7) is 4.00. The van der Waals surface area contributed by atoms with E-state index >= 15 is 0 Å². The fourth-order valence-corrected chi connectivity index (χ4v) is 3.51. The number of aryl methyl sites for hydroxylation is 1. The van der Waals surface area contributed by atoms with E-state index in [1.807, 2.05) is 25.1 Å². The molecule has 148 valence electrons. The summed E-state index contributed by atoms with van der Waals surface area (Å²) in [6.07, 6.45) is 2.45. The van der Waals surface area contributed by atoms with Crippen molar-refractivity contribution in [1.82, 2.24) is 24.6 Å². The van der Waals surface area contributed by atoms with Crippen LogP contribution in [0.1, 0.15) is 31.5 Å². The molecule has 0 saturated carbocycles. The lowest BCUT2D eigenvalue weighted by Crippen LogP contribution is -2.37. The zero-order valence-electron chi connectivity index (χ0n) is 15.8. The number of para-hydroxylation sites is 2. The van der Waals surface area contributed by atoms with Gasteiger partial charge in [0.1, 0.15) is 0 Å². The van der Waals surface area contributed by atoms with E-state index < -0.39 is 6.03 Å².